The van der Waals surface area contributed by atoms with Gasteiger partial charge in [-0.25, -0.2) is 4.98 Å². The van der Waals surface area contributed by atoms with Gasteiger partial charge in [0, 0.05) is 6.04 Å². The third-order valence-electron chi connectivity index (χ3n) is 4.34. The van der Waals surface area contributed by atoms with Gasteiger partial charge in [0.25, 0.3) is 0 Å². The van der Waals surface area contributed by atoms with Gasteiger partial charge in [0.15, 0.2) is 0 Å². The van der Waals surface area contributed by atoms with Gasteiger partial charge in [-0.1, -0.05) is 19.1 Å². The van der Waals surface area contributed by atoms with Crippen LogP contribution in [0.2, 0.25) is 0 Å². The van der Waals surface area contributed by atoms with Crippen molar-refractivity contribution < 1.29 is 0 Å². The van der Waals surface area contributed by atoms with Crippen LogP contribution in [0.4, 0.5) is 0 Å². The Bertz CT molecular complexity index is 600. The fourth-order valence-corrected chi connectivity index (χ4v) is 3.51. The Balaban J connectivity index is 2.20. The first kappa shape index (κ1) is 13.0. The van der Waals surface area contributed by atoms with E-state index in [0.29, 0.717) is 6.04 Å². The molecule has 19 heavy (non-hydrogen) atoms. The number of benzene rings is 1. The van der Waals surface area contributed by atoms with Crippen LogP contribution < -0.4 is 0 Å². The zero-order chi connectivity index (χ0) is 13.6. The first-order chi connectivity index (χ1) is 9.08. The Morgan fingerprint density at radius 1 is 1.37 bits per heavy atom. The third kappa shape index (κ3) is 2.16. The largest absolute Gasteiger partial charge is 0.324 e. The van der Waals surface area contributed by atoms with E-state index in [9.17, 15) is 0 Å². The highest BCUT2D eigenvalue weighted by molar-refractivity contribution is 6.20. The summed E-state index contributed by atoms with van der Waals surface area (Å²) >= 11 is 6.36. The highest BCUT2D eigenvalue weighted by Crippen LogP contribution is 2.39. The zero-order valence-electron chi connectivity index (χ0n) is 11.9. The van der Waals surface area contributed by atoms with Gasteiger partial charge in [-0.2, -0.15) is 0 Å². The van der Waals surface area contributed by atoms with Crippen molar-refractivity contribution in [2.45, 2.75) is 51.5 Å². The molecule has 0 amide bonds. The minimum atomic E-state index is -0.0392. The molecule has 3 unspecified atom stereocenters. The summed E-state index contributed by atoms with van der Waals surface area (Å²) in [6.07, 6.45) is 3.81. The van der Waals surface area contributed by atoms with Gasteiger partial charge in [-0.3, -0.25) is 0 Å². The van der Waals surface area contributed by atoms with Gasteiger partial charge < -0.3 is 4.57 Å². The average molecular weight is 277 g/mol. The van der Waals surface area contributed by atoms with Crippen LogP contribution in [-0.2, 0) is 0 Å². The minimum Gasteiger partial charge on any atom is -0.324 e. The second kappa shape index (κ2) is 4.82. The molecule has 0 N–H and O–H groups in total. The fraction of sp³-hybridized carbons (Fsp3) is 0.562. The first-order valence-electron chi connectivity index (χ1n) is 7.19. The van der Waals surface area contributed by atoms with Crippen molar-refractivity contribution in [3.63, 3.8) is 0 Å². The summed E-state index contributed by atoms with van der Waals surface area (Å²) in [5, 5.41) is -0.0392. The van der Waals surface area contributed by atoms with Crippen molar-refractivity contribution in [3.05, 3.63) is 29.6 Å². The lowest BCUT2D eigenvalue weighted by atomic mass is 10.1. The molecule has 1 aromatic heterocycles. The molecule has 1 heterocycles. The number of aryl methyl sites for hydroxylation is 1. The molecule has 1 aromatic carbocycles. The Morgan fingerprint density at radius 2 is 2.16 bits per heavy atom. The molecule has 0 radical (unpaired) electrons. The molecule has 102 valence electrons. The maximum Gasteiger partial charge on any atom is 0.127 e. The molecule has 3 heteroatoms. The highest BCUT2D eigenvalue weighted by Gasteiger charge is 2.27. The predicted octanol–water partition coefficient (Wildman–Crippen LogP) is 5.01. The highest BCUT2D eigenvalue weighted by atomic mass is 35.5. The lowest BCUT2D eigenvalue weighted by Crippen LogP contribution is -2.10. The van der Waals surface area contributed by atoms with Gasteiger partial charge in [0.05, 0.1) is 16.4 Å². The van der Waals surface area contributed by atoms with Crippen LogP contribution in [0.25, 0.3) is 11.0 Å². The van der Waals surface area contributed by atoms with E-state index in [2.05, 4.69) is 36.6 Å². The summed E-state index contributed by atoms with van der Waals surface area (Å²) in [5.41, 5.74) is 3.60. The van der Waals surface area contributed by atoms with Crippen LogP contribution in [0.5, 0.6) is 0 Å². The first-order valence-corrected chi connectivity index (χ1v) is 7.63. The number of hydrogen-bond donors (Lipinski definition) is 0. The SMILES string of the molecule is Cc1cccc2c1nc(C(C)Cl)n2C1CCC(C)C1. The zero-order valence-corrected chi connectivity index (χ0v) is 12.6. The number of fused-ring (bicyclic) bond motifs is 1. The van der Waals surface area contributed by atoms with E-state index in [1.54, 1.807) is 0 Å². The quantitative estimate of drug-likeness (QED) is 0.705. The second-order valence-electron chi connectivity index (χ2n) is 5.97. The Hall–Kier alpha value is -1.02. The lowest BCUT2D eigenvalue weighted by molar-refractivity contribution is 0.488. The van der Waals surface area contributed by atoms with Gasteiger partial charge in [0.2, 0.25) is 0 Å². The number of rotatable bonds is 2. The van der Waals surface area contributed by atoms with Crippen molar-refractivity contribution in [1.82, 2.24) is 9.55 Å². The maximum absolute atomic E-state index is 6.36. The minimum absolute atomic E-state index is 0.0392. The van der Waals surface area contributed by atoms with Crippen LogP contribution in [-0.4, -0.2) is 9.55 Å². The monoisotopic (exact) mass is 276 g/mol. The van der Waals surface area contributed by atoms with Gasteiger partial charge >= 0.3 is 0 Å². The molecule has 1 fully saturated rings. The third-order valence-corrected chi connectivity index (χ3v) is 4.53. The van der Waals surface area contributed by atoms with Crippen molar-refractivity contribution in [3.8, 4) is 0 Å². The van der Waals surface area contributed by atoms with Crippen molar-refractivity contribution in [2.75, 3.05) is 0 Å². The summed E-state index contributed by atoms with van der Waals surface area (Å²) in [4.78, 5) is 4.81. The fourth-order valence-electron chi connectivity index (χ4n) is 3.35. The smallest absolute Gasteiger partial charge is 0.127 e. The standard InChI is InChI=1S/C16H21ClN2/c1-10-7-8-13(9-10)19-14-6-4-5-11(2)15(14)18-16(19)12(3)17/h4-6,10,12-13H,7-9H2,1-3H3. The number of nitrogens with zero attached hydrogens (tertiary/aromatic N) is 2. The van der Waals surface area contributed by atoms with Crippen LogP contribution in [0, 0.1) is 12.8 Å². The van der Waals surface area contributed by atoms with Crippen molar-refractivity contribution in [2.24, 2.45) is 5.92 Å². The molecule has 2 nitrogen and oxygen atoms in total. The van der Waals surface area contributed by atoms with Crippen LogP contribution >= 0.6 is 11.6 Å². The normalized spacial score (nSPS) is 25.1. The molecule has 3 atom stereocenters. The molecule has 0 bridgehead atoms. The molecular weight excluding hydrogens is 256 g/mol. The lowest BCUT2D eigenvalue weighted by Gasteiger charge is -2.17. The van der Waals surface area contributed by atoms with Crippen LogP contribution in [0.15, 0.2) is 18.2 Å². The summed E-state index contributed by atoms with van der Waals surface area (Å²) in [6, 6.07) is 7.00. The summed E-state index contributed by atoms with van der Waals surface area (Å²) in [7, 11) is 0. The van der Waals surface area contributed by atoms with Gasteiger partial charge in [-0.05, 0) is 50.7 Å². The summed E-state index contributed by atoms with van der Waals surface area (Å²) in [5.74, 6) is 1.84. The molecule has 0 saturated heterocycles. The van der Waals surface area contributed by atoms with E-state index in [4.69, 9.17) is 16.6 Å². The van der Waals surface area contributed by atoms with E-state index in [0.717, 1.165) is 17.3 Å². The molecule has 3 rings (SSSR count). The predicted molar refractivity (Wildman–Crippen MR) is 80.8 cm³/mol. The number of hydrogen-bond acceptors (Lipinski definition) is 1. The number of halogens is 1. The van der Waals surface area contributed by atoms with E-state index < -0.39 is 0 Å². The maximum atomic E-state index is 6.36. The molecule has 1 aliphatic rings. The van der Waals surface area contributed by atoms with E-state index in [1.807, 2.05) is 6.92 Å². The number of imidazole rings is 1. The average Bonchev–Trinajstić information content (AvgIpc) is 2.93. The van der Waals surface area contributed by atoms with Crippen LogP contribution in [0.1, 0.15) is 55.9 Å². The number of para-hydroxylation sites is 1. The molecule has 0 spiro atoms. The van der Waals surface area contributed by atoms with Gasteiger partial charge in [-0.15, -0.1) is 11.6 Å². The van der Waals surface area contributed by atoms with Crippen LogP contribution in [0.3, 0.4) is 0 Å². The van der Waals surface area contributed by atoms with E-state index >= 15 is 0 Å². The Labute approximate surface area is 119 Å². The van der Waals surface area contributed by atoms with Gasteiger partial charge in [0.1, 0.15) is 5.82 Å². The van der Waals surface area contributed by atoms with E-state index in [1.165, 1.54) is 30.3 Å². The summed E-state index contributed by atoms with van der Waals surface area (Å²) < 4.78 is 2.41. The second-order valence-corrected chi connectivity index (χ2v) is 6.63. The summed E-state index contributed by atoms with van der Waals surface area (Å²) in [6.45, 7) is 6.49. The van der Waals surface area contributed by atoms with E-state index in [-0.39, 0.29) is 5.38 Å². The molecular formula is C16H21ClN2. The molecule has 1 saturated carbocycles. The number of alkyl halides is 1. The molecule has 1 aliphatic carbocycles. The molecule has 2 aromatic rings. The Morgan fingerprint density at radius 3 is 2.79 bits per heavy atom. The van der Waals surface area contributed by atoms with Crippen molar-refractivity contribution >= 4 is 22.6 Å². The topological polar surface area (TPSA) is 17.8 Å². The molecule has 0 aliphatic heterocycles. The number of aromatic nitrogens is 2. The van der Waals surface area contributed by atoms with Crippen molar-refractivity contribution in [1.29, 1.82) is 0 Å². The Kier molecular flexibility index (Phi) is 3.30.